The number of anilines is 1. The van der Waals surface area contributed by atoms with Crippen molar-refractivity contribution in [3.05, 3.63) is 29.0 Å². The molecule has 1 aromatic carbocycles. The summed E-state index contributed by atoms with van der Waals surface area (Å²) in [4.78, 5) is 0.750. The molecule has 0 aliphatic carbocycles. The van der Waals surface area contributed by atoms with E-state index in [2.05, 4.69) is 15.3 Å². The van der Waals surface area contributed by atoms with Crippen LogP contribution in [0.4, 0.5) is 5.69 Å². The Morgan fingerprint density at radius 1 is 1.40 bits per heavy atom. The summed E-state index contributed by atoms with van der Waals surface area (Å²) in [5, 5.41) is 14.1. The zero-order chi connectivity index (χ0) is 14.1. The van der Waals surface area contributed by atoms with Gasteiger partial charge in [0, 0.05) is 19.1 Å². The maximum absolute atomic E-state index is 5.92. The van der Waals surface area contributed by atoms with E-state index in [1.807, 2.05) is 12.1 Å². The van der Waals surface area contributed by atoms with Crippen molar-refractivity contribution in [3.8, 4) is 10.6 Å². The molecule has 104 valence electrons. The van der Waals surface area contributed by atoms with Crippen LogP contribution in [-0.2, 0) is 11.2 Å². The Morgan fingerprint density at radius 2 is 2.25 bits per heavy atom. The van der Waals surface area contributed by atoms with Gasteiger partial charge in [0.1, 0.15) is 5.01 Å². The Kier molecular flexibility index (Phi) is 3.56. The van der Waals surface area contributed by atoms with Gasteiger partial charge in [0.05, 0.1) is 17.3 Å². The third-order valence-electron chi connectivity index (χ3n) is 2.83. The van der Waals surface area contributed by atoms with E-state index in [0.717, 1.165) is 21.4 Å². The van der Waals surface area contributed by atoms with Crippen molar-refractivity contribution in [2.75, 3.05) is 19.5 Å². The van der Waals surface area contributed by atoms with Crippen LogP contribution < -0.4 is 5.73 Å². The fourth-order valence-corrected chi connectivity index (χ4v) is 2.77. The van der Waals surface area contributed by atoms with Crippen LogP contribution in [0.25, 0.3) is 15.5 Å². The van der Waals surface area contributed by atoms with Crippen molar-refractivity contribution < 1.29 is 4.74 Å². The quantitative estimate of drug-likeness (QED) is 0.748. The second kappa shape index (κ2) is 5.35. The molecule has 0 fully saturated rings. The van der Waals surface area contributed by atoms with Gasteiger partial charge < -0.3 is 10.5 Å². The lowest BCUT2D eigenvalue weighted by atomic mass is 10.2. The molecular formula is C12H12ClN5OS. The fourth-order valence-electron chi connectivity index (χ4n) is 1.80. The van der Waals surface area contributed by atoms with E-state index in [4.69, 9.17) is 22.1 Å². The minimum absolute atomic E-state index is 0.537. The average molecular weight is 310 g/mol. The SMILES string of the molecule is COCCc1nnc2sc(-c3ccc(Cl)c(N)c3)nn12. The van der Waals surface area contributed by atoms with Crippen molar-refractivity contribution in [2.45, 2.75) is 6.42 Å². The number of ether oxygens (including phenoxy) is 1. The van der Waals surface area contributed by atoms with E-state index in [1.54, 1.807) is 17.7 Å². The summed E-state index contributed by atoms with van der Waals surface area (Å²) in [6, 6.07) is 5.46. The smallest absolute Gasteiger partial charge is 0.234 e. The maximum Gasteiger partial charge on any atom is 0.234 e. The van der Waals surface area contributed by atoms with Crippen molar-refractivity contribution in [2.24, 2.45) is 0 Å². The van der Waals surface area contributed by atoms with Crippen LogP contribution in [-0.4, -0.2) is 33.5 Å². The predicted octanol–water partition coefficient (Wildman–Crippen LogP) is 2.28. The van der Waals surface area contributed by atoms with Gasteiger partial charge in [0.15, 0.2) is 5.82 Å². The zero-order valence-corrected chi connectivity index (χ0v) is 12.3. The van der Waals surface area contributed by atoms with Crippen LogP contribution in [0.2, 0.25) is 5.02 Å². The number of hydrogen-bond acceptors (Lipinski definition) is 6. The minimum Gasteiger partial charge on any atom is -0.398 e. The Balaban J connectivity index is 2.00. The Hall–Kier alpha value is -1.70. The molecule has 0 spiro atoms. The lowest BCUT2D eigenvalue weighted by Gasteiger charge is -2.00. The average Bonchev–Trinajstić information content (AvgIpc) is 3.00. The highest BCUT2D eigenvalue weighted by atomic mass is 35.5. The van der Waals surface area contributed by atoms with E-state index in [1.165, 1.54) is 11.3 Å². The number of aromatic nitrogens is 4. The van der Waals surface area contributed by atoms with Gasteiger partial charge in [-0.1, -0.05) is 29.0 Å². The fraction of sp³-hybridized carbons (Fsp3) is 0.250. The van der Waals surface area contributed by atoms with Crippen LogP contribution >= 0.6 is 22.9 Å². The van der Waals surface area contributed by atoms with Gasteiger partial charge in [0.2, 0.25) is 4.96 Å². The normalized spacial score (nSPS) is 11.3. The molecule has 0 radical (unpaired) electrons. The molecule has 0 saturated carbocycles. The number of methoxy groups -OCH3 is 1. The third-order valence-corrected chi connectivity index (χ3v) is 4.12. The number of nitrogens with zero attached hydrogens (tertiary/aromatic N) is 4. The van der Waals surface area contributed by atoms with Gasteiger partial charge in [-0.2, -0.15) is 9.61 Å². The molecular weight excluding hydrogens is 298 g/mol. The van der Waals surface area contributed by atoms with Crippen LogP contribution in [0.15, 0.2) is 18.2 Å². The number of halogens is 1. The molecule has 2 heterocycles. The Bertz CT molecular complexity index is 753. The molecule has 0 unspecified atom stereocenters. The molecule has 0 amide bonds. The Labute approximate surface area is 124 Å². The highest BCUT2D eigenvalue weighted by Crippen LogP contribution is 2.29. The predicted molar refractivity (Wildman–Crippen MR) is 79.1 cm³/mol. The zero-order valence-electron chi connectivity index (χ0n) is 10.7. The number of rotatable bonds is 4. The molecule has 3 aromatic rings. The third kappa shape index (κ3) is 2.35. The topological polar surface area (TPSA) is 78.3 Å². The number of fused-ring (bicyclic) bond motifs is 1. The maximum atomic E-state index is 5.92. The summed E-state index contributed by atoms with van der Waals surface area (Å²) in [6.45, 7) is 0.585. The molecule has 2 aromatic heterocycles. The summed E-state index contributed by atoms with van der Waals surface area (Å²) in [6.07, 6.45) is 0.670. The van der Waals surface area contributed by atoms with Crippen LogP contribution in [0.3, 0.4) is 0 Å². The van der Waals surface area contributed by atoms with Crippen molar-refractivity contribution >= 4 is 33.6 Å². The highest BCUT2D eigenvalue weighted by Gasteiger charge is 2.13. The van der Waals surface area contributed by atoms with Gasteiger partial charge in [-0.05, 0) is 12.1 Å². The van der Waals surface area contributed by atoms with Crippen molar-refractivity contribution in [3.63, 3.8) is 0 Å². The molecule has 8 heteroatoms. The van der Waals surface area contributed by atoms with Crippen LogP contribution in [0, 0.1) is 0 Å². The molecule has 0 saturated heterocycles. The molecule has 3 rings (SSSR count). The second-order valence-electron chi connectivity index (χ2n) is 4.20. The summed E-state index contributed by atoms with van der Waals surface area (Å²) >= 11 is 7.38. The minimum atomic E-state index is 0.537. The molecule has 0 atom stereocenters. The van der Waals surface area contributed by atoms with E-state index < -0.39 is 0 Å². The summed E-state index contributed by atoms with van der Waals surface area (Å²) in [5.74, 6) is 0.784. The lowest BCUT2D eigenvalue weighted by molar-refractivity contribution is 0.200. The molecule has 20 heavy (non-hydrogen) atoms. The summed E-state index contributed by atoms with van der Waals surface area (Å²) < 4.78 is 6.79. The van der Waals surface area contributed by atoms with E-state index in [0.29, 0.717) is 23.7 Å². The van der Waals surface area contributed by atoms with Crippen molar-refractivity contribution in [1.29, 1.82) is 0 Å². The highest BCUT2D eigenvalue weighted by molar-refractivity contribution is 7.19. The molecule has 6 nitrogen and oxygen atoms in total. The van der Waals surface area contributed by atoms with E-state index in [9.17, 15) is 0 Å². The number of nitrogen functional groups attached to an aromatic ring is 1. The van der Waals surface area contributed by atoms with Crippen molar-refractivity contribution in [1.82, 2.24) is 19.8 Å². The van der Waals surface area contributed by atoms with Gasteiger partial charge >= 0.3 is 0 Å². The Morgan fingerprint density at radius 3 is 3.00 bits per heavy atom. The van der Waals surface area contributed by atoms with Gasteiger partial charge in [0.25, 0.3) is 0 Å². The lowest BCUT2D eigenvalue weighted by Crippen LogP contribution is -2.01. The second-order valence-corrected chi connectivity index (χ2v) is 5.56. The first-order valence-electron chi connectivity index (χ1n) is 5.94. The molecule has 0 bridgehead atoms. The van der Waals surface area contributed by atoms with Crippen LogP contribution in [0.5, 0.6) is 0 Å². The first-order chi connectivity index (χ1) is 9.69. The standard InChI is InChI=1S/C12H12ClN5OS/c1-19-5-4-10-15-16-12-18(10)17-11(20-12)7-2-3-8(13)9(14)6-7/h2-3,6H,4-5,14H2,1H3. The largest absolute Gasteiger partial charge is 0.398 e. The monoisotopic (exact) mass is 309 g/mol. The van der Waals surface area contributed by atoms with Gasteiger partial charge in [-0.15, -0.1) is 10.2 Å². The molecule has 0 aliphatic rings. The molecule has 0 aliphatic heterocycles. The first-order valence-corrected chi connectivity index (χ1v) is 7.14. The summed E-state index contributed by atoms with van der Waals surface area (Å²) in [5.41, 5.74) is 7.27. The summed E-state index contributed by atoms with van der Waals surface area (Å²) in [7, 11) is 1.65. The van der Waals surface area contributed by atoms with E-state index in [-0.39, 0.29) is 0 Å². The number of benzene rings is 1. The van der Waals surface area contributed by atoms with Gasteiger partial charge in [-0.25, -0.2) is 0 Å². The van der Waals surface area contributed by atoms with Gasteiger partial charge in [-0.3, -0.25) is 0 Å². The molecule has 2 N–H and O–H groups in total. The number of hydrogen-bond donors (Lipinski definition) is 1. The van der Waals surface area contributed by atoms with E-state index >= 15 is 0 Å². The van der Waals surface area contributed by atoms with Crippen LogP contribution in [0.1, 0.15) is 5.82 Å². The number of nitrogens with two attached hydrogens (primary N) is 1. The first kappa shape index (κ1) is 13.3.